The van der Waals surface area contributed by atoms with E-state index < -0.39 is 10.8 Å². The van der Waals surface area contributed by atoms with Crippen LogP contribution in [0.1, 0.15) is 59.9 Å². The normalized spacial score (nSPS) is 14.3. The second-order valence-corrected chi connectivity index (χ2v) is 8.27. The smallest absolute Gasteiger partial charge is 0.270 e. The number of benzene rings is 1. The molecular formula is C20H25N5O4S. The lowest BCUT2D eigenvalue weighted by Crippen LogP contribution is -2.42. The molecule has 0 saturated heterocycles. The molecule has 1 aromatic carbocycles. The molecule has 0 radical (unpaired) electrons. The number of rotatable bonds is 6. The van der Waals surface area contributed by atoms with Gasteiger partial charge in [0.15, 0.2) is 5.16 Å². The molecule has 1 saturated carbocycles. The van der Waals surface area contributed by atoms with Crippen molar-refractivity contribution in [2.75, 3.05) is 5.75 Å². The average molecular weight is 432 g/mol. The van der Waals surface area contributed by atoms with Gasteiger partial charge in [0.05, 0.1) is 16.4 Å². The minimum atomic E-state index is -0.618. The molecule has 1 aliphatic carbocycles. The topological polar surface area (TPSA) is 119 Å². The first-order valence-corrected chi connectivity index (χ1v) is 10.9. The number of hydrogen-bond donors (Lipinski definition) is 2. The molecule has 9 nitrogen and oxygen atoms in total. The Labute approximate surface area is 178 Å². The molecule has 3 rings (SSSR count). The predicted molar refractivity (Wildman–Crippen MR) is 113 cm³/mol. The molecule has 1 fully saturated rings. The number of nitrogens with zero attached hydrogens (tertiary/aromatic N) is 3. The molecule has 1 aromatic heterocycles. The maximum atomic E-state index is 12.2. The Morgan fingerprint density at radius 1 is 1.23 bits per heavy atom. The summed E-state index contributed by atoms with van der Waals surface area (Å²) in [5.41, 5.74) is 6.64. The summed E-state index contributed by atoms with van der Waals surface area (Å²) < 4.78 is 2.24. The number of carbonyl (C=O) groups is 2. The van der Waals surface area contributed by atoms with Gasteiger partial charge in [-0.25, -0.2) is 4.98 Å². The molecule has 1 heterocycles. The number of imidazole rings is 1. The van der Waals surface area contributed by atoms with Gasteiger partial charge in [0, 0.05) is 29.4 Å². The molecule has 2 N–H and O–H groups in total. The number of nitrogens with one attached hydrogen (secondary N) is 2. The number of amides is 2. The van der Waals surface area contributed by atoms with Crippen LogP contribution in [0, 0.1) is 24.0 Å². The first kappa shape index (κ1) is 21.8. The first-order chi connectivity index (χ1) is 14.4. The Morgan fingerprint density at radius 3 is 2.67 bits per heavy atom. The third kappa shape index (κ3) is 5.18. The molecule has 0 atom stereocenters. The molecule has 2 aromatic rings. The summed E-state index contributed by atoms with van der Waals surface area (Å²) >= 11 is 1.34. The van der Waals surface area contributed by atoms with Gasteiger partial charge in [-0.15, -0.1) is 0 Å². The van der Waals surface area contributed by atoms with Crippen molar-refractivity contribution in [1.29, 1.82) is 0 Å². The maximum absolute atomic E-state index is 12.2. The lowest BCUT2D eigenvalue weighted by molar-refractivity contribution is -0.384. The van der Waals surface area contributed by atoms with E-state index in [1.54, 1.807) is 0 Å². The monoisotopic (exact) mass is 431 g/mol. The van der Waals surface area contributed by atoms with Crippen LogP contribution < -0.4 is 10.9 Å². The first-order valence-electron chi connectivity index (χ1n) is 9.88. The molecule has 10 heteroatoms. The third-order valence-electron chi connectivity index (χ3n) is 5.26. The van der Waals surface area contributed by atoms with Crippen LogP contribution in [0.3, 0.4) is 0 Å². The number of carbonyl (C=O) groups excluding carboxylic acids is 2. The molecule has 160 valence electrons. The van der Waals surface area contributed by atoms with Crippen molar-refractivity contribution in [3.63, 3.8) is 0 Å². The van der Waals surface area contributed by atoms with Gasteiger partial charge in [-0.1, -0.05) is 37.1 Å². The Bertz CT molecular complexity index is 953. The fourth-order valence-electron chi connectivity index (χ4n) is 3.59. The van der Waals surface area contributed by atoms with Crippen molar-refractivity contribution >= 4 is 29.3 Å². The van der Waals surface area contributed by atoms with Gasteiger partial charge in [-0.2, -0.15) is 0 Å². The number of thioether (sulfide) groups is 1. The van der Waals surface area contributed by atoms with E-state index in [2.05, 4.69) is 27.3 Å². The van der Waals surface area contributed by atoms with E-state index in [1.807, 2.05) is 6.92 Å². The molecule has 0 aliphatic heterocycles. The van der Waals surface area contributed by atoms with E-state index in [1.165, 1.54) is 49.2 Å². The molecule has 0 unspecified atom stereocenters. The predicted octanol–water partition coefficient (Wildman–Crippen LogP) is 3.47. The van der Waals surface area contributed by atoms with Crippen molar-refractivity contribution in [2.24, 2.45) is 0 Å². The lowest BCUT2D eigenvalue weighted by Gasteiger charge is -2.26. The van der Waals surface area contributed by atoms with Crippen molar-refractivity contribution < 1.29 is 14.5 Å². The largest absolute Gasteiger partial charge is 0.320 e. The fraction of sp³-hybridized carbons (Fsp3) is 0.450. The van der Waals surface area contributed by atoms with Crippen molar-refractivity contribution in [1.82, 2.24) is 20.4 Å². The number of hydrazine groups is 1. The second-order valence-electron chi connectivity index (χ2n) is 7.33. The number of aromatic nitrogens is 2. The summed E-state index contributed by atoms with van der Waals surface area (Å²) in [4.78, 5) is 39.2. The van der Waals surface area contributed by atoms with Gasteiger partial charge in [0.1, 0.15) is 0 Å². The van der Waals surface area contributed by atoms with Crippen molar-refractivity contribution in [3.8, 4) is 0 Å². The van der Waals surface area contributed by atoms with E-state index >= 15 is 0 Å². The summed E-state index contributed by atoms with van der Waals surface area (Å²) in [5.74, 6) is -0.905. The number of hydrogen-bond acceptors (Lipinski definition) is 6. The van der Waals surface area contributed by atoms with E-state index in [9.17, 15) is 19.7 Å². The highest BCUT2D eigenvalue weighted by molar-refractivity contribution is 7.99. The fourth-order valence-corrected chi connectivity index (χ4v) is 4.55. The SMILES string of the molecule is Cc1nc(SCC(=O)NNC(=O)c2cccc([N+](=O)[O-])c2)n(C2CCCCC2)c1C. The van der Waals surface area contributed by atoms with Crippen LogP contribution >= 0.6 is 11.8 Å². The van der Waals surface area contributed by atoms with Gasteiger partial charge < -0.3 is 4.57 Å². The highest BCUT2D eigenvalue weighted by Crippen LogP contribution is 2.34. The van der Waals surface area contributed by atoms with Crippen molar-refractivity contribution in [3.05, 3.63) is 51.3 Å². The second kappa shape index (κ2) is 9.75. The lowest BCUT2D eigenvalue weighted by atomic mass is 9.95. The minimum absolute atomic E-state index is 0.0937. The summed E-state index contributed by atoms with van der Waals surface area (Å²) in [6.45, 7) is 4.03. The average Bonchev–Trinajstić information content (AvgIpc) is 3.04. The van der Waals surface area contributed by atoms with E-state index in [0.717, 1.165) is 35.5 Å². The van der Waals surface area contributed by atoms with Gasteiger partial charge >= 0.3 is 0 Å². The molecule has 0 spiro atoms. The number of aryl methyl sites for hydroxylation is 1. The highest BCUT2D eigenvalue weighted by atomic mass is 32.2. The van der Waals surface area contributed by atoms with Crippen LogP contribution in [0.2, 0.25) is 0 Å². The Balaban J connectivity index is 1.56. The number of nitro benzene ring substituents is 1. The van der Waals surface area contributed by atoms with E-state index in [0.29, 0.717) is 6.04 Å². The third-order valence-corrected chi connectivity index (χ3v) is 6.21. The zero-order valence-corrected chi connectivity index (χ0v) is 17.8. The van der Waals surface area contributed by atoms with Crippen LogP contribution in [0.15, 0.2) is 29.4 Å². The van der Waals surface area contributed by atoms with Gasteiger partial charge in [0.25, 0.3) is 11.6 Å². The van der Waals surface area contributed by atoms with Crippen LogP contribution in [-0.4, -0.2) is 32.0 Å². The van der Waals surface area contributed by atoms with E-state index in [4.69, 9.17) is 0 Å². The highest BCUT2D eigenvalue weighted by Gasteiger charge is 2.22. The number of nitro groups is 1. The van der Waals surface area contributed by atoms with Crippen LogP contribution in [0.25, 0.3) is 0 Å². The quantitative estimate of drug-likeness (QED) is 0.411. The summed E-state index contributed by atoms with van der Waals surface area (Å²) in [6.07, 6.45) is 5.91. The van der Waals surface area contributed by atoms with Gasteiger partial charge in [-0.3, -0.25) is 30.6 Å². The standard InChI is InChI=1S/C20H25N5O4S/c1-13-14(2)24(16-8-4-3-5-9-16)20(21-13)30-12-18(26)22-23-19(27)15-7-6-10-17(11-15)25(28)29/h6-7,10-11,16H,3-5,8-9,12H2,1-2H3,(H,22,26)(H,23,27). The molecule has 0 bridgehead atoms. The van der Waals surface area contributed by atoms with Crippen LogP contribution in [0.5, 0.6) is 0 Å². The Kier molecular flexibility index (Phi) is 7.09. The summed E-state index contributed by atoms with van der Waals surface area (Å²) in [6, 6.07) is 5.72. The maximum Gasteiger partial charge on any atom is 0.270 e. The molecule has 30 heavy (non-hydrogen) atoms. The Hall–Kier alpha value is -2.88. The zero-order chi connectivity index (χ0) is 21.7. The van der Waals surface area contributed by atoms with E-state index in [-0.39, 0.29) is 22.9 Å². The summed E-state index contributed by atoms with van der Waals surface area (Å²) in [5, 5.41) is 11.6. The summed E-state index contributed by atoms with van der Waals surface area (Å²) in [7, 11) is 0. The molecule has 2 amide bonds. The Morgan fingerprint density at radius 2 is 1.97 bits per heavy atom. The van der Waals surface area contributed by atoms with Crippen LogP contribution in [0.4, 0.5) is 5.69 Å². The van der Waals surface area contributed by atoms with Crippen molar-refractivity contribution in [2.45, 2.75) is 57.1 Å². The van der Waals surface area contributed by atoms with Crippen LogP contribution in [-0.2, 0) is 4.79 Å². The minimum Gasteiger partial charge on any atom is -0.320 e. The number of non-ortho nitro benzene ring substituents is 1. The van der Waals surface area contributed by atoms with Gasteiger partial charge in [0.2, 0.25) is 5.91 Å². The molecular weight excluding hydrogens is 406 g/mol. The van der Waals surface area contributed by atoms with Gasteiger partial charge in [-0.05, 0) is 32.8 Å². The zero-order valence-electron chi connectivity index (χ0n) is 17.0. The molecule has 1 aliphatic rings.